The summed E-state index contributed by atoms with van der Waals surface area (Å²) in [6, 6.07) is 13.0. The van der Waals surface area contributed by atoms with Gasteiger partial charge in [0, 0.05) is 17.3 Å². The molecule has 0 radical (unpaired) electrons. The minimum absolute atomic E-state index is 0.271. The van der Waals surface area contributed by atoms with Crippen molar-refractivity contribution in [1.29, 1.82) is 0 Å². The lowest BCUT2D eigenvalue weighted by atomic mass is 9.95. The summed E-state index contributed by atoms with van der Waals surface area (Å²) in [5.41, 5.74) is 5.41. The topological polar surface area (TPSA) is 61.1 Å². The second-order valence-electron chi connectivity index (χ2n) is 7.90. The molecule has 6 nitrogen and oxygen atoms in total. The van der Waals surface area contributed by atoms with Crippen LogP contribution in [0.25, 0.3) is 39.4 Å². The van der Waals surface area contributed by atoms with Crippen molar-refractivity contribution in [3.05, 3.63) is 60.7 Å². The quantitative estimate of drug-likeness (QED) is 0.392. The maximum Gasteiger partial charge on any atom is 0.306 e. The van der Waals surface area contributed by atoms with Gasteiger partial charge in [-0.1, -0.05) is 30.5 Å². The van der Waals surface area contributed by atoms with Gasteiger partial charge in [-0.3, -0.25) is 4.40 Å². The first-order valence-corrected chi connectivity index (χ1v) is 10.3. The summed E-state index contributed by atoms with van der Waals surface area (Å²) in [5, 5.41) is 8.86. The first-order chi connectivity index (χ1) is 14.8. The molecule has 0 aliphatic heterocycles. The van der Waals surface area contributed by atoms with Gasteiger partial charge in [-0.25, -0.2) is 9.07 Å². The number of benzene rings is 2. The predicted molar refractivity (Wildman–Crippen MR) is 111 cm³/mol. The number of fused-ring (bicyclic) bond motifs is 2. The van der Waals surface area contributed by atoms with Gasteiger partial charge in [-0.2, -0.15) is 4.98 Å². The van der Waals surface area contributed by atoms with Gasteiger partial charge in [-0.15, -0.1) is 5.10 Å². The van der Waals surface area contributed by atoms with Crippen LogP contribution in [-0.4, -0.2) is 24.4 Å². The highest BCUT2D eigenvalue weighted by Crippen LogP contribution is 2.36. The van der Waals surface area contributed by atoms with Crippen molar-refractivity contribution in [3.63, 3.8) is 0 Å². The molecule has 0 bridgehead atoms. The summed E-state index contributed by atoms with van der Waals surface area (Å²) in [4.78, 5) is 4.66. The van der Waals surface area contributed by atoms with Gasteiger partial charge >= 0.3 is 5.84 Å². The molecule has 1 aliphatic rings. The van der Waals surface area contributed by atoms with E-state index in [-0.39, 0.29) is 5.82 Å². The van der Waals surface area contributed by atoms with Gasteiger partial charge < -0.3 is 4.42 Å². The first kappa shape index (κ1) is 17.4. The maximum atomic E-state index is 13.5. The molecule has 3 aromatic heterocycles. The monoisotopic (exact) mass is 401 g/mol. The van der Waals surface area contributed by atoms with E-state index in [1.165, 1.54) is 31.4 Å². The zero-order chi connectivity index (χ0) is 20.1. The summed E-state index contributed by atoms with van der Waals surface area (Å²) in [5.74, 6) is 0.232. The van der Waals surface area contributed by atoms with Gasteiger partial charge in [0.15, 0.2) is 0 Å². The third kappa shape index (κ3) is 2.73. The van der Waals surface area contributed by atoms with Crippen molar-refractivity contribution < 1.29 is 8.81 Å². The van der Waals surface area contributed by atoms with E-state index in [9.17, 15) is 4.39 Å². The van der Waals surface area contributed by atoms with Crippen molar-refractivity contribution in [3.8, 4) is 22.5 Å². The van der Waals surface area contributed by atoms with Crippen molar-refractivity contribution in [1.82, 2.24) is 24.4 Å². The van der Waals surface area contributed by atoms with E-state index in [4.69, 9.17) is 4.42 Å². The highest BCUT2D eigenvalue weighted by molar-refractivity contribution is 5.87. The van der Waals surface area contributed by atoms with Gasteiger partial charge in [0.2, 0.25) is 0 Å². The third-order valence-corrected chi connectivity index (χ3v) is 6.04. The molecule has 6 rings (SSSR count). The standard InChI is InChI=1S/C23H20FN5O/c24-17-9-6-15(7-10-17)21-22(28-12-13-30-23(28)25-21)16-8-11-19-20(14-16)29(27-26-19)18-4-2-1-3-5-18/h6-14,18H,1-5H2. The molecule has 3 heterocycles. The number of halogens is 1. The lowest BCUT2D eigenvalue weighted by molar-refractivity contribution is 0.331. The molecule has 7 heteroatoms. The fraction of sp³-hybridized carbons (Fsp3) is 0.261. The number of imidazole rings is 1. The summed E-state index contributed by atoms with van der Waals surface area (Å²) in [7, 11) is 0. The molecular formula is C23H20FN5O. The molecule has 0 spiro atoms. The number of hydrogen-bond donors (Lipinski definition) is 0. The summed E-state index contributed by atoms with van der Waals surface area (Å²) >= 11 is 0. The molecule has 0 unspecified atom stereocenters. The zero-order valence-electron chi connectivity index (χ0n) is 16.3. The summed E-state index contributed by atoms with van der Waals surface area (Å²) in [6.45, 7) is 0. The average molecular weight is 401 g/mol. The summed E-state index contributed by atoms with van der Waals surface area (Å²) < 4.78 is 23.0. The zero-order valence-corrected chi connectivity index (χ0v) is 16.3. The van der Waals surface area contributed by atoms with E-state index < -0.39 is 0 Å². The van der Waals surface area contributed by atoms with Crippen molar-refractivity contribution in [2.45, 2.75) is 38.1 Å². The molecule has 2 aromatic carbocycles. The molecule has 0 amide bonds. The van der Waals surface area contributed by atoms with Crippen LogP contribution in [0.15, 0.2) is 59.3 Å². The minimum atomic E-state index is -0.271. The van der Waals surface area contributed by atoms with Crippen molar-refractivity contribution in [2.75, 3.05) is 0 Å². The van der Waals surface area contributed by atoms with E-state index in [1.54, 1.807) is 18.4 Å². The fourth-order valence-corrected chi connectivity index (χ4v) is 4.55. The van der Waals surface area contributed by atoms with E-state index >= 15 is 0 Å². The normalized spacial score (nSPS) is 15.4. The van der Waals surface area contributed by atoms with Gasteiger partial charge in [0.05, 0.1) is 17.3 Å². The highest BCUT2D eigenvalue weighted by atomic mass is 19.1. The Labute approximate surface area is 172 Å². The van der Waals surface area contributed by atoms with Gasteiger partial charge in [0.25, 0.3) is 0 Å². The molecule has 5 aromatic rings. The van der Waals surface area contributed by atoms with Crippen LogP contribution in [0, 0.1) is 5.82 Å². The largest absolute Gasteiger partial charge is 0.432 e. The second-order valence-corrected chi connectivity index (χ2v) is 7.90. The molecule has 1 aliphatic carbocycles. The number of hydrogen-bond acceptors (Lipinski definition) is 4. The van der Waals surface area contributed by atoms with Crippen LogP contribution in [0.4, 0.5) is 4.39 Å². The lowest BCUT2D eigenvalue weighted by Gasteiger charge is -2.22. The van der Waals surface area contributed by atoms with E-state index in [0.29, 0.717) is 11.9 Å². The first-order valence-electron chi connectivity index (χ1n) is 10.3. The smallest absolute Gasteiger partial charge is 0.306 e. The third-order valence-electron chi connectivity index (χ3n) is 6.04. The Morgan fingerprint density at radius 1 is 0.967 bits per heavy atom. The number of aromatic nitrogens is 5. The molecule has 1 saturated carbocycles. The minimum Gasteiger partial charge on any atom is -0.432 e. The van der Waals surface area contributed by atoms with Crippen LogP contribution in [0.1, 0.15) is 38.1 Å². The summed E-state index contributed by atoms with van der Waals surface area (Å²) in [6.07, 6.45) is 9.52. The molecule has 0 atom stereocenters. The SMILES string of the molecule is Fc1ccc(-c2nc3occn3c2-c2ccc3nnn(C4CCCCC4)c3c2)cc1. The number of oxazole rings is 1. The molecular weight excluding hydrogens is 381 g/mol. The van der Waals surface area contributed by atoms with Crippen LogP contribution in [0.5, 0.6) is 0 Å². The molecule has 0 N–H and O–H groups in total. The Bertz CT molecular complexity index is 1340. The molecule has 1 fully saturated rings. The van der Waals surface area contributed by atoms with E-state index in [2.05, 4.69) is 26.0 Å². The molecule has 0 saturated heterocycles. The Kier molecular flexibility index (Phi) is 3.94. The maximum absolute atomic E-state index is 13.5. The van der Waals surface area contributed by atoms with Crippen LogP contribution >= 0.6 is 0 Å². The average Bonchev–Trinajstić information content (AvgIpc) is 3.48. The van der Waals surface area contributed by atoms with Crippen LogP contribution in [0.3, 0.4) is 0 Å². The second kappa shape index (κ2) is 6.79. The predicted octanol–water partition coefficient (Wildman–Crippen LogP) is 5.65. The molecule has 150 valence electrons. The van der Waals surface area contributed by atoms with Crippen LogP contribution < -0.4 is 0 Å². The number of nitrogens with zero attached hydrogens (tertiary/aromatic N) is 5. The van der Waals surface area contributed by atoms with Gasteiger partial charge in [0.1, 0.15) is 23.3 Å². The lowest BCUT2D eigenvalue weighted by Crippen LogP contribution is -2.14. The van der Waals surface area contributed by atoms with Crippen molar-refractivity contribution >= 4 is 16.9 Å². The van der Waals surface area contributed by atoms with Crippen molar-refractivity contribution in [2.24, 2.45) is 0 Å². The Balaban J connectivity index is 1.54. The highest BCUT2D eigenvalue weighted by Gasteiger charge is 2.22. The Morgan fingerprint density at radius 2 is 1.77 bits per heavy atom. The molecule has 30 heavy (non-hydrogen) atoms. The van der Waals surface area contributed by atoms with Gasteiger partial charge in [-0.05, 0) is 49.2 Å². The Morgan fingerprint density at radius 3 is 2.60 bits per heavy atom. The van der Waals surface area contributed by atoms with E-state index in [0.717, 1.165) is 46.4 Å². The fourth-order valence-electron chi connectivity index (χ4n) is 4.55. The Hall–Kier alpha value is -3.48. The van der Waals surface area contributed by atoms with E-state index in [1.807, 2.05) is 22.7 Å². The number of rotatable bonds is 3. The van der Waals surface area contributed by atoms with Crippen LogP contribution in [-0.2, 0) is 0 Å². The van der Waals surface area contributed by atoms with Crippen LogP contribution in [0.2, 0.25) is 0 Å².